The number of rotatable bonds is 7. The summed E-state index contributed by atoms with van der Waals surface area (Å²) in [6.45, 7) is 5.69. The standard InChI is InChI=1S/C24H25N5O3/c1-3-29(4-2)22(31)14-26-20-10-9-17-18(20)6-5-7-19(17)23-27-24(32-28-23)15-8-11-21(30)16(12-15)13-25/h5-8,11-12,20,26,30H,3-4,9-10,14H2,1-2H3. The first-order valence-electron chi connectivity index (χ1n) is 10.8. The average Bonchev–Trinajstić information content (AvgIpc) is 3.46. The predicted octanol–water partition coefficient (Wildman–Crippen LogP) is 3.43. The molecule has 0 radical (unpaired) electrons. The first kappa shape index (κ1) is 21.5. The number of fused-ring (bicyclic) bond motifs is 1. The summed E-state index contributed by atoms with van der Waals surface area (Å²) in [5.74, 6) is 0.776. The van der Waals surface area contributed by atoms with Crippen LogP contribution in [0.25, 0.3) is 22.8 Å². The van der Waals surface area contributed by atoms with Crippen LogP contribution in [0.2, 0.25) is 0 Å². The predicted molar refractivity (Wildman–Crippen MR) is 119 cm³/mol. The highest BCUT2D eigenvalue weighted by molar-refractivity contribution is 5.78. The topological polar surface area (TPSA) is 115 Å². The molecule has 0 aliphatic heterocycles. The maximum Gasteiger partial charge on any atom is 0.258 e. The molecule has 1 aromatic heterocycles. The van der Waals surface area contributed by atoms with Gasteiger partial charge in [0.15, 0.2) is 0 Å². The average molecular weight is 431 g/mol. The molecule has 2 N–H and O–H groups in total. The van der Waals surface area contributed by atoms with Crippen LogP contribution in [0.1, 0.15) is 43.0 Å². The molecule has 2 aromatic carbocycles. The van der Waals surface area contributed by atoms with Gasteiger partial charge in [-0.3, -0.25) is 4.79 Å². The summed E-state index contributed by atoms with van der Waals surface area (Å²) in [5, 5.41) is 26.4. The Morgan fingerprint density at radius 3 is 2.88 bits per heavy atom. The number of nitrogens with one attached hydrogen (secondary N) is 1. The van der Waals surface area contributed by atoms with Crippen LogP contribution in [-0.2, 0) is 11.2 Å². The van der Waals surface area contributed by atoms with Crippen molar-refractivity contribution in [3.05, 3.63) is 53.1 Å². The molecule has 8 nitrogen and oxygen atoms in total. The van der Waals surface area contributed by atoms with Gasteiger partial charge in [-0.1, -0.05) is 23.4 Å². The van der Waals surface area contributed by atoms with Crippen molar-refractivity contribution in [2.45, 2.75) is 32.7 Å². The molecule has 0 saturated carbocycles. The summed E-state index contributed by atoms with van der Waals surface area (Å²) < 4.78 is 5.44. The molecule has 8 heteroatoms. The van der Waals surface area contributed by atoms with E-state index < -0.39 is 0 Å². The Labute approximate surface area is 186 Å². The Hall–Kier alpha value is -3.70. The van der Waals surface area contributed by atoms with Crippen molar-refractivity contribution in [3.63, 3.8) is 0 Å². The normalized spacial score (nSPS) is 14.7. The fraction of sp³-hybridized carbons (Fsp3) is 0.333. The van der Waals surface area contributed by atoms with Gasteiger partial charge < -0.3 is 19.8 Å². The van der Waals surface area contributed by atoms with Crippen LogP contribution in [0, 0.1) is 11.3 Å². The van der Waals surface area contributed by atoms with Gasteiger partial charge >= 0.3 is 0 Å². The number of phenolic OH excluding ortho intramolecular Hbond substituents is 1. The summed E-state index contributed by atoms with van der Waals surface area (Å²) in [4.78, 5) is 18.7. The minimum Gasteiger partial charge on any atom is -0.507 e. The van der Waals surface area contributed by atoms with E-state index in [9.17, 15) is 9.90 Å². The minimum atomic E-state index is -0.0881. The number of carbonyl (C=O) groups is 1. The highest BCUT2D eigenvalue weighted by Crippen LogP contribution is 2.37. The molecule has 3 aromatic rings. The van der Waals surface area contributed by atoms with Crippen molar-refractivity contribution in [1.29, 1.82) is 5.26 Å². The van der Waals surface area contributed by atoms with E-state index in [1.54, 1.807) is 6.07 Å². The summed E-state index contributed by atoms with van der Waals surface area (Å²) in [5.41, 5.74) is 3.92. The van der Waals surface area contributed by atoms with Crippen molar-refractivity contribution < 1.29 is 14.4 Å². The SMILES string of the molecule is CCN(CC)C(=O)CNC1CCc2c(-c3noc(-c4ccc(O)c(C#N)c4)n3)cccc21. The Bertz CT molecular complexity index is 1180. The van der Waals surface area contributed by atoms with Gasteiger partial charge in [-0.15, -0.1) is 0 Å². The third-order valence-corrected chi connectivity index (χ3v) is 5.92. The number of phenols is 1. The Balaban J connectivity index is 1.55. The maximum atomic E-state index is 12.4. The third kappa shape index (κ3) is 4.07. The molecular weight excluding hydrogens is 406 g/mol. The van der Waals surface area contributed by atoms with E-state index in [1.165, 1.54) is 12.1 Å². The van der Waals surface area contributed by atoms with Gasteiger partial charge in [0.2, 0.25) is 11.7 Å². The molecule has 1 unspecified atom stereocenters. The smallest absolute Gasteiger partial charge is 0.258 e. The van der Waals surface area contributed by atoms with Crippen LogP contribution in [0.15, 0.2) is 40.9 Å². The van der Waals surface area contributed by atoms with Gasteiger partial charge in [-0.25, -0.2) is 0 Å². The summed E-state index contributed by atoms with van der Waals surface area (Å²) in [6.07, 6.45) is 1.75. The lowest BCUT2D eigenvalue weighted by atomic mass is 10.0. The third-order valence-electron chi connectivity index (χ3n) is 5.92. The number of aromatic hydroxyl groups is 1. The number of hydrogen-bond donors (Lipinski definition) is 2. The lowest BCUT2D eigenvalue weighted by molar-refractivity contribution is -0.130. The second-order valence-corrected chi connectivity index (χ2v) is 7.68. The van der Waals surface area contributed by atoms with Crippen LogP contribution < -0.4 is 5.32 Å². The molecule has 4 rings (SSSR count). The Morgan fingerprint density at radius 2 is 2.12 bits per heavy atom. The van der Waals surface area contributed by atoms with E-state index in [4.69, 9.17) is 9.78 Å². The lowest BCUT2D eigenvalue weighted by Crippen LogP contribution is -2.38. The van der Waals surface area contributed by atoms with E-state index in [-0.39, 0.29) is 29.2 Å². The zero-order valence-corrected chi connectivity index (χ0v) is 18.1. The number of carbonyl (C=O) groups excluding carboxylic acids is 1. The van der Waals surface area contributed by atoms with E-state index in [2.05, 4.69) is 21.5 Å². The highest BCUT2D eigenvalue weighted by atomic mass is 16.5. The van der Waals surface area contributed by atoms with E-state index in [0.717, 1.165) is 29.5 Å². The first-order valence-corrected chi connectivity index (χ1v) is 10.8. The number of benzene rings is 2. The molecule has 164 valence electrons. The molecule has 0 fully saturated rings. The fourth-order valence-corrected chi connectivity index (χ4v) is 4.18. The fourth-order valence-electron chi connectivity index (χ4n) is 4.18. The number of nitrogens with zero attached hydrogens (tertiary/aromatic N) is 4. The van der Waals surface area contributed by atoms with Crippen molar-refractivity contribution in [2.24, 2.45) is 0 Å². The van der Waals surface area contributed by atoms with Crippen molar-refractivity contribution in [3.8, 4) is 34.7 Å². The van der Waals surface area contributed by atoms with Crippen LogP contribution in [-0.4, -0.2) is 45.7 Å². The first-order chi connectivity index (χ1) is 15.5. The zero-order valence-electron chi connectivity index (χ0n) is 18.1. The van der Waals surface area contributed by atoms with Crippen LogP contribution in [0.3, 0.4) is 0 Å². The lowest BCUT2D eigenvalue weighted by Gasteiger charge is -2.21. The number of hydrogen-bond acceptors (Lipinski definition) is 7. The molecule has 32 heavy (non-hydrogen) atoms. The highest BCUT2D eigenvalue weighted by Gasteiger charge is 2.27. The second-order valence-electron chi connectivity index (χ2n) is 7.68. The summed E-state index contributed by atoms with van der Waals surface area (Å²) in [7, 11) is 0. The van der Waals surface area contributed by atoms with Crippen LogP contribution in [0.4, 0.5) is 0 Å². The Kier molecular flexibility index (Phi) is 6.19. The maximum absolute atomic E-state index is 12.4. The number of amides is 1. The summed E-state index contributed by atoms with van der Waals surface area (Å²) in [6, 6.07) is 12.6. The van der Waals surface area contributed by atoms with Crippen LogP contribution >= 0.6 is 0 Å². The van der Waals surface area contributed by atoms with Crippen molar-refractivity contribution in [2.75, 3.05) is 19.6 Å². The van der Waals surface area contributed by atoms with Gasteiger partial charge in [-0.2, -0.15) is 10.2 Å². The van der Waals surface area contributed by atoms with Gasteiger partial charge in [-0.05, 0) is 56.0 Å². The second kappa shape index (κ2) is 9.20. The molecule has 0 bridgehead atoms. The molecule has 1 amide bonds. The number of likely N-dealkylation sites (N-methyl/N-ethyl adjacent to an activating group) is 1. The largest absolute Gasteiger partial charge is 0.507 e. The minimum absolute atomic E-state index is 0.0881. The zero-order chi connectivity index (χ0) is 22.7. The van der Waals surface area contributed by atoms with Crippen molar-refractivity contribution >= 4 is 5.91 Å². The van der Waals surface area contributed by atoms with E-state index >= 15 is 0 Å². The molecule has 1 atom stereocenters. The molecule has 1 aliphatic carbocycles. The van der Waals surface area contributed by atoms with Crippen LogP contribution in [0.5, 0.6) is 5.75 Å². The molecule has 1 heterocycles. The van der Waals surface area contributed by atoms with Crippen molar-refractivity contribution in [1.82, 2.24) is 20.4 Å². The molecule has 1 aliphatic rings. The Morgan fingerprint density at radius 1 is 1.31 bits per heavy atom. The van der Waals surface area contributed by atoms with Gasteiger partial charge in [0, 0.05) is 30.3 Å². The molecule has 0 spiro atoms. The van der Waals surface area contributed by atoms with E-state index in [0.29, 0.717) is 31.0 Å². The monoisotopic (exact) mass is 431 g/mol. The number of nitriles is 1. The van der Waals surface area contributed by atoms with E-state index in [1.807, 2.05) is 36.9 Å². The van der Waals surface area contributed by atoms with Gasteiger partial charge in [0.1, 0.15) is 11.8 Å². The number of aromatic nitrogens is 2. The summed E-state index contributed by atoms with van der Waals surface area (Å²) >= 11 is 0. The molecular formula is C24H25N5O3. The van der Waals surface area contributed by atoms with Gasteiger partial charge in [0.25, 0.3) is 5.89 Å². The van der Waals surface area contributed by atoms with Gasteiger partial charge in [0.05, 0.1) is 12.1 Å². The quantitative estimate of drug-likeness (QED) is 0.589. The molecule has 0 saturated heterocycles.